The van der Waals surface area contributed by atoms with E-state index in [1.54, 1.807) is 11.8 Å². The Hall–Kier alpha value is -1.53. The monoisotopic (exact) mass is 294 g/mol. The van der Waals surface area contributed by atoms with Crippen LogP contribution >= 0.6 is 11.8 Å². The summed E-state index contributed by atoms with van der Waals surface area (Å²) < 4.78 is 0. The third kappa shape index (κ3) is 3.13. The molecule has 0 aliphatic carbocycles. The number of aliphatic carboxylic acids is 1. The lowest BCUT2D eigenvalue weighted by atomic mass is 10.0. The molecule has 0 radical (unpaired) electrons. The number of carboxylic acid groups (broad SMARTS) is 1. The van der Waals surface area contributed by atoms with Gasteiger partial charge in [0, 0.05) is 18.1 Å². The van der Waals surface area contributed by atoms with Crippen LogP contribution < -0.4 is 5.73 Å². The minimum absolute atomic E-state index is 0.318. The van der Waals surface area contributed by atoms with Gasteiger partial charge in [0.15, 0.2) is 0 Å². The van der Waals surface area contributed by atoms with Gasteiger partial charge >= 0.3 is 5.97 Å². The van der Waals surface area contributed by atoms with Gasteiger partial charge < -0.3 is 15.7 Å². The highest BCUT2D eigenvalue weighted by atomic mass is 32.2. The summed E-state index contributed by atoms with van der Waals surface area (Å²) in [5, 5.41) is 9.20. The van der Waals surface area contributed by atoms with Crippen LogP contribution in [-0.4, -0.2) is 46.0 Å². The van der Waals surface area contributed by atoms with Gasteiger partial charge in [0.25, 0.3) is 0 Å². The van der Waals surface area contributed by atoms with E-state index in [2.05, 4.69) is 0 Å². The van der Waals surface area contributed by atoms with Crippen LogP contribution in [0.5, 0.6) is 0 Å². The zero-order chi connectivity index (χ0) is 14.7. The zero-order valence-electron chi connectivity index (χ0n) is 11.3. The highest BCUT2D eigenvalue weighted by molar-refractivity contribution is 7.99. The minimum atomic E-state index is -0.971. The molecule has 2 unspecified atom stereocenters. The molecule has 6 heteroatoms. The van der Waals surface area contributed by atoms with Crippen LogP contribution in [-0.2, 0) is 9.59 Å². The van der Waals surface area contributed by atoms with Crippen LogP contribution in [0.3, 0.4) is 0 Å². The molecule has 1 aromatic carbocycles. The quantitative estimate of drug-likeness (QED) is 0.869. The van der Waals surface area contributed by atoms with Gasteiger partial charge in [0.2, 0.25) is 5.91 Å². The van der Waals surface area contributed by atoms with Gasteiger partial charge in [-0.3, -0.25) is 4.79 Å². The fourth-order valence-electron chi connectivity index (χ4n) is 2.17. The average Bonchev–Trinajstić information content (AvgIpc) is 2.46. The number of rotatable bonds is 3. The molecule has 1 saturated heterocycles. The van der Waals surface area contributed by atoms with Crippen molar-refractivity contribution in [3.63, 3.8) is 0 Å². The van der Waals surface area contributed by atoms with E-state index in [0.29, 0.717) is 17.9 Å². The summed E-state index contributed by atoms with van der Waals surface area (Å²) in [6.07, 6.45) is 0. The van der Waals surface area contributed by atoms with Gasteiger partial charge in [-0.25, -0.2) is 4.79 Å². The van der Waals surface area contributed by atoms with Crippen LogP contribution in [0.25, 0.3) is 0 Å². The number of amides is 1. The molecule has 0 aromatic heterocycles. The molecule has 0 bridgehead atoms. The summed E-state index contributed by atoms with van der Waals surface area (Å²) >= 11 is 1.55. The van der Waals surface area contributed by atoms with Crippen molar-refractivity contribution in [2.75, 3.05) is 18.1 Å². The molecule has 2 rings (SSSR count). The Labute approximate surface area is 122 Å². The summed E-state index contributed by atoms with van der Waals surface area (Å²) in [5.41, 5.74) is 7.79. The van der Waals surface area contributed by atoms with E-state index in [4.69, 9.17) is 5.73 Å². The molecule has 1 aliphatic heterocycles. The first kappa shape index (κ1) is 14.9. The molecule has 108 valence electrons. The van der Waals surface area contributed by atoms with Crippen LogP contribution in [0.1, 0.15) is 17.2 Å². The summed E-state index contributed by atoms with van der Waals surface area (Å²) in [6.45, 7) is 2.39. The fourth-order valence-corrected chi connectivity index (χ4v) is 3.21. The maximum atomic E-state index is 12.4. The summed E-state index contributed by atoms with van der Waals surface area (Å²) in [5.74, 6) is -0.124. The second kappa shape index (κ2) is 6.28. The molecular weight excluding hydrogens is 276 g/mol. The second-order valence-electron chi connectivity index (χ2n) is 4.85. The van der Waals surface area contributed by atoms with E-state index in [-0.39, 0.29) is 5.91 Å². The van der Waals surface area contributed by atoms with Crippen LogP contribution in [0, 0.1) is 6.92 Å². The maximum Gasteiger partial charge on any atom is 0.327 e. The van der Waals surface area contributed by atoms with E-state index < -0.39 is 18.1 Å². The van der Waals surface area contributed by atoms with Crippen molar-refractivity contribution < 1.29 is 14.7 Å². The lowest BCUT2D eigenvalue weighted by Gasteiger charge is -2.34. The third-order valence-electron chi connectivity index (χ3n) is 3.40. The van der Waals surface area contributed by atoms with Crippen LogP contribution in [0.4, 0.5) is 0 Å². The second-order valence-corrected chi connectivity index (χ2v) is 6.00. The lowest BCUT2D eigenvalue weighted by Crippen LogP contribution is -2.52. The molecular formula is C14H18N2O3S. The Balaban J connectivity index is 2.16. The summed E-state index contributed by atoms with van der Waals surface area (Å²) in [4.78, 5) is 25.0. The Morgan fingerprint density at radius 2 is 2.05 bits per heavy atom. The van der Waals surface area contributed by atoms with Crippen LogP contribution in [0.15, 0.2) is 24.3 Å². The fraction of sp³-hybridized carbons (Fsp3) is 0.429. The number of nitrogens with two attached hydrogens (primary N) is 1. The standard InChI is InChI=1S/C14H18N2O3S/c1-9-2-4-10(5-3-9)12(15)13(17)16-6-7-20-8-11(16)14(18)19/h2-5,11-12H,6-8,15H2,1H3,(H,18,19). The number of hydrogen-bond donors (Lipinski definition) is 2. The molecule has 1 heterocycles. The Morgan fingerprint density at radius 3 is 2.65 bits per heavy atom. The van der Waals surface area contributed by atoms with E-state index in [1.807, 2.05) is 31.2 Å². The number of carboxylic acids is 1. The number of hydrogen-bond acceptors (Lipinski definition) is 4. The molecule has 1 aromatic rings. The van der Waals surface area contributed by atoms with Gasteiger partial charge in [0.1, 0.15) is 12.1 Å². The predicted molar refractivity (Wildman–Crippen MR) is 78.6 cm³/mol. The van der Waals surface area contributed by atoms with Crippen molar-refractivity contribution in [1.82, 2.24) is 4.90 Å². The molecule has 2 atom stereocenters. The number of carbonyl (C=O) groups is 2. The molecule has 0 spiro atoms. The van der Waals surface area contributed by atoms with Crippen molar-refractivity contribution in [3.05, 3.63) is 35.4 Å². The largest absolute Gasteiger partial charge is 0.480 e. The highest BCUT2D eigenvalue weighted by Gasteiger charge is 2.34. The van der Waals surface area contributed by atoms with E-state index in [1.165, 1.54) is 4.90 Å². The topological polar surface area (TPSA) is 83.6 Å². The first-order valence-electron chi connectivity index (χ1n) is 6.44. The van der Waals surface area contributed by atoms with E-state index >= 15 is 0 Å². The minimum Gasteiger partial charge on any atom is -0.480 e. The Kier molecular flexibility index (Phi) is 4.67. The van der Waals surface area contributed by atoms with Crippen molar-refractivity contribution in [3.8, 4) is 0 Å². The van der Waals surface area contributed by atoms with Gasteiger partial charge in [-0.1, -0.05) is 29.8 Å². The molecule has 5 nitrogen and oxygen atoms in total. The van der Waals surface area contributed by atoms with Gasteiger partial charge in [0.05, 0.1) is 0 Å². The predicted octanol–water partition coefficient (Wildman–Crippen LogP) is 1.02. The first-order valence-corrected chi connectivity index (χ1v) is 7.59. The SMILES string of the molecule is Cc1ccc(C(N)C(=O)N2CCSCC2C(=O)O)cc1. The van der Waals surface area contributed by atoms with Crippen molar-refractivity contribution in [2.24, 2.45) is 5.73 Å². The van der Waals surface area contributed by atoms with E-state index in [0.717, 1.165) is 11.3 Å². The average molecular weight is 294 g/mol. The van der Waals surface area contributed by atoms with Gasteiger partial charge in [-0.05, 0) is 12.5 Å². The van der Waals surface area contributed by atoms with Crippen molar-refractivity contribution >= 4 is 23.6 Å². The number of aryl methyl sites for hydroxylation is 1. The molecule has 3 N–H and O–H groups in total. The number of nitrogens with zero attached hydrogens (tertiary/aromatic N) is 1. The smallest absolute Gasteiger partial charge is 0.327 e. The normalized spacial score (nSPS) is 20.5. The summed E-state index contributed by atoms with van der Waals surface area (Å²) in [6, 6.07) is 5.82. The lowest BCUT2D eigenvalue weighted by molar-refractivity contribution is -0.149. The van der Waals surface area contributed by atoms with Crippen molar-refractivity contribution in [1.29, 1.82) is 0 Å². The number of thioether (sulfide) groups is 1. The van der Waals surface area contributed by atoms with Crippen LogP contribution in [0.2, 0.25) is 0 Å². The third-order valence-corrected chi connectivity index (χ3v) is 4.42. The van der Waals surface area contributed by atoms with Crippen molar-refractivity contribution in [2.45, 2.75) is 19.0 Å². The first-order chi connectivity index (χ1) is 9.50. The molecule has 1 fully saturated rings. The molecule has 1 aliphatic rings. The van der Waals surface area contributed by atoms with Gasteiger partial charge in [-0.15, -0.1) is 0 Å². The number of carbonyl (C=O) groups excluding carboxylic acids is 1. The Morgan fingerprint density at radius 1 is 1.40 bits per heavy atom. The number of benzene rings is 1. The Bertz CT molecular complexity index is 504. The molecule has 0 saturated carbocycles. The molecule has 20 heavy (non-hydrogen) atoms. The summed E-state index contributed by atoms with van der Waals surface area (Å²) in [7, 11) is 0. The highest BCUT2D eigenvalue weighted by Crippen LogP contribution is 2.21. The maximum absolute atomic E-state index is 12.4. The van der Waals surface area contributed by atoms with Gasteiger partial charge in [-0.2, -0.15) is 11.8 Å². The van der Waals surface area contributed by atoms with E-state index in [9.17, 15) is 14.7 Å². The zero-order valence-corrected chi connectivity index (χ0v) is 12.1. The molecule has 1 amide bonds.